The molecule has 0 N–H and O–H groups in total. The number of imidazole rings is 1. The summed E-state index contributed by atoms with van der Waals surface area (Å²) in [6.07, 6.45) is 2.52. The number of carbonyl (C=O) groups is 2. The third-order valence-corrected chi connectivity index (χ3v) is 5.62. The fourth-order valence-corrected chi connectivity index (χ4v) is 4.07. The first-order chi connectivity index (χ1) is 13.8. The number of piperidine rings is 1. The maximum absolute atomic E-state index is 13.2. The Kier molecular flexibility index (Phi) is 4.79. The standard InChI is InChI=1S/C19H19F3N4O3/c20-19(21,22)14-2-1-5-24-15(14)16(27)26-7-3-18(4-8-26)10-13(29-17(18)28)11-25-9-6-23-12-25/h1-2,5-6,9,12-13H,3-4,7-8,10-11H2. The van der Waals surface area contributed by atoms with E-state index in [1.165, 1.54) is 11.1 Å². The van der Waals surface area contributed by atoms with Gasteiger partial charge in [-0.2, -0.15) is 13.2 Å². The van der Waals surface area contributed by atoms with Gasteiger partial charge in [-0.15, -0.1) is 0 Å². The molecule has 2 saturated heterocycles. The zero-order valence-corrected chi connectivity index (χ0v) is 15.4. The summed E-state index contributed by atoms with van der Waals surface area (Å²) < 4.78 is 46.9. The third-order valence-electron chi connectivity index (χ3n) is 5.62. The second kappa shape index (κ2) is 7.16. The summed E-state index contributed by atoms with van der Waals surface area (Å²) in [4.78, 5) is 34.1. The van der Waals surface area contributed by atoms with Crippen molar-refractivity contribution < 1.29 is 27.5 Å². The van der Waals surface area contributed by atoms with Gasteiger partial charge in [0.25, 0.3) is 5.91 Å². The van der Waals surface area contributed by atoms with Gasteiger partial charge < -0.3 is 14.2 Å². The van der Waals surface area contributed by atoms with E-state index < -0.39 is 28.8 Å². The maximum Gasteiger partial charge on any atom is 0.418 e. The number of carbonyl (C=O) groups excluding carboxylic acids is 2. The monoisotopic (exact) mass is 408 g/mol. The summed E-state index contributed by atoms with van der Waals surface area (Å²) in [7, 11) is 0. The Bertz CT molecular complexity index is 906. The SMILES string of the molecule is O=C(c1ncccc1C(F)(F)F)N1CCC2(CC1)CC(Cn1ccnc1)OC2=O. The lowest BCUT2D eigenvalue weighted by molar-refractivity contribution is -0.150. The van der Waals surface area contributed by atoms with Crippen molar-refractivity contribution in [3.63, 3.8) is 0 Å². The summed E-state index contributed by atoms with van der Waals surface area (Å²) in [6, 6.07) is 2.00. The highest BCUT2D eigenvalue weighted by molar-refractivity contribution is 5.94. The van der Waals surface area contributed by atoms with Crippen molar-refractivity contribution in [1.29, 1.82) is 0 Å². The van der Waals surface area contributed by atoms with E-state index in [2.05, 4.69) is 9.97 Å². The minimum atomic E-state index is -4.66. The summed E-state index contributed by atoms with van der Waals surface area (Å²) in [6.45, 7) is 0.859. The molecule has 1 unspecified atom stereocenters. The van der Waals surface area contributed by atoms with Gasteiger partial charge in [0, 0.05) is 38.1 Å². The van der Waals surface area contributed by atoms with Gasteiger partial charge in [0.15, 0.2) is 0 Å². The highest BCUT2D eigenvalue weighted by Gasteiger charge is 2.51. The van der Waals surface area contributed by atoms with Crippen molar-refractivity contribution in [2.45, 2.75) is 38.1 Å². The van der Waals surface area contributed by atoms with E-state index in [1.54, 1.807) is 18.7 Å². The van der Waals surface area contributed by atoms with Crippen molar-refractivity contribution in [2.24, 2.45) is 5.41 Å². The predicted octanol–water partition coefficient (Wildman–Crippen LogP) is 2.54. The van der Waals surface area contributed by atoms with Crippen LogP contribution in [0.1, 0.15) is 35.3 Å². The van der Waals surface area contributed by atoms with Gasteiger partial charge in [0.2, 0.25) is 0 Å². The van der Waals surface area contributed by atoms with Gasteiger partial charge in [0.1, 0.15) is 11.8 Å². The van der Waals surface area contributed by atoms with Crippen molar-refractivity contribution in [3.8, 4) is 0 Å². The number of ether oxygens (including phenoxy) is 1. The molecule has 0 saturated carbocycles. The van der Waals surface area contributed by atoms with Crippen LogP contribution in [0.4, 0.5) is 13.2 Å². The van der Waals surface area contributed by atoms with Crippen LogP contribution in [0.5, 0.6) is 0 Å². The first-order valence-electron chi connectivity index (χ1n) is 9.27. The highest BCUT2D eigenvalue weighted by atomic mass is 19.4. The molecule has 0 radical (unpaired) electrons. The van der Waals surface area contributed by atoms with E-state index >= 15 is 0 Å². The molecule has 7 nitrogen and oxygen atoms in total. The van der Waals surface area contributed by atoms with Crippen molar-refractivity contribution in [3.05, 3.63) is 48.3 Å². The molecule has 0 bridgehead atoms. The number of halogens is 3. The summed E-state index contributed by atoms with van der Waals surface area (Å²) >= 11 is 0. The fraction of sp³-hybridized carbons (Fsp3) is 0.474. The number of hydrogen-bond acceptors (Lipinski definition) is 5. The maximum atomic E-state index is 13.2. The molecule has 2 fully saturated rings. The Morgan fingerprint density at radius 3 is 2.69 bits per heavy atom. The van der Waals surface area contributed by atoms with Crippen molar-refractivity contribution in [2.75, 3.05) is 13.1 Å². The van der Waals surface area contributed by atoms with E-state index in [4.69, 9.17) is 4.74 Å². The van der Waals surface area contributed by atoms with Crippen LogP contribution >= 0.6 is 0 Å². The molecule has 2 aromatic heterocycles. The van der Waals surface area contributed by atoms with Crippen LogP contribution in [0.25, 0.3) is 0 Å². The van der Waals surface area contributed by atoms with Gasteiger partial charge in [-0.05, 0) is 25.0 Å². The van der Waals surface area contributed by atoms with Gasteiger partial charge in [-0.25, -0.2) is 4.98 Å². The molecule has 1 amide bonds. The molecule has 0 aliphatic carbocycles. The number of alkyl halides is 3. The van der Waals surface area contributed by atoms with Gasteiger partial charge in [-0.1, -0.05) is 0 Å². The van der Waals surface area contributed by atoms with Gasteiger partial charge in [-0.3, -0.25) is 14.6 Å². The quantitative estimate of drug-likeness (QED) is 0.730. The Morgan fingerprint density at radius 2 is 2.03 bits per heavy atom. The molecule has 2 aromatic rings. The van der Waals surface area contributed by atoms with Crippen LogP contribution in [0.3, 0.4) is 0 Å². The summed E-state index contributed by atoms with van der Waals surface area (Å²) in [5.74, 6) is -1.07. The Balaban J connectivity index is 1.43. The van der Waals surface area contributed by atoms with E-state index in [0.29, 0.717) is 25.8 Å². The number of hydrogen-bond donors (Lipinski definition) is 0. The van der Waals surface area contributed by atoms with Crippen molar-refractivity contribution >= 4 is 11.9 Å². The van der Waals surface area contributed by atoms with Gasteiger partial charge in [0.05, 0.1) is 23.9 Å². The number of rotatable bonds is 3. The minimum Gasteiger partial charge on any atom is -0.460 e. The van der Waals surface area contributed by atoms with E-state index in [-0.39, 0.29) is 25.2 Å². The number of esters is 1. The van der Waals surface area contributed by atoms with E-state index in [0.717, 1.165) is 12.1 Å². The highest BCUT2D eigenvalue weighted by Crippen LogP contribution is 2.44. The van der Waals surface area contributed by atoms with Crippen LogP contribution < -0.4 is 0 Å². The first kappa shape index (κ1) is 19.4. The Labute approximate surface area is 164 Å². The number of pyridine rings is 1. The summed E-state index contributed by atoms with van der Waals surface area (Å²) in [5.41, 5.74) is -2.35. The third kappa shape index (κ3) is 3.70. The molecule has 4 rings (SSSR count). The molecular weight excluding hydrogens is 389 g/mol. The second-order valence-electron chi connectivity index (χ2n) is 7.46. The lowest BCUT2D eigenvalue weighted by Crippen LogP contribution is -2.45. The van der Waals surface area contributed by atoms with Crippen LogP contribution in [0.2, 0.25) is 0 Å². The largest absolute Gasteiger partial charge is 0.460 e. The number of nitrogens with zero attached hydrogens (tertiary/aromatic N) is 4. The molecule has 1 spiro atoms. The zero-order chi connectivity index (χ0) is 20.6. The minimum absolute atomic E-state index is 0.180. The van der Waals surface area contributed by atoms with E-state index in [9.17, 15) is 22.8 Å². The fourth-order valence-electron chi connectivity index (χ4n) is 4.07. The smallest absolute Gasteiger partial charge is 0.418 e. The van der Waals surface area contributed by atoms with Crippen LogP contribution in [-0.2, 0) is 22.3 Å². The number of likely N-dealkylation sites (tertiary alicyclic amines) is 1. The molecular formula is C19H19F3N4O3. The zero-order valence-electron chi connectivity index (χ0n) is 15.4. The van der Waals surface area contributed by atoms with Crippen molar-refractivity contribution in [1.82, 2.24) is 19.4 Å². The normalized spacial score (nSPS) is 21.4. The molecule has 10 heteroatoms. The average Bonchev–Trinajstić information content (AvgIpc) is 3.30. The topological polar surface area (TPSA) is 77.3 Å². The lowest BCUT2D eigenvalue weighted by atomic mass is 9.76. The van der Waals surface area contributed by atoms with Crippen LogP contribution in [-0.4, -0.2) is 50.5 Å². The van der Waals surface area contributed by atoms with E-state index in [1.807, 2.05) is 4.57 Å². The molecule has 2 aliphatic heterocycles. The predicted molar refractivity (Wildman–Crippen MR) is 93.5 cm³/mol. The number of aromatic nitrogens is 3. The molecule has 154 valence electrons. The Hall–Kier alpha value is -2.91. The molecule has 1 atom stereocenters. The lowest BCUT2D eigenvalue weighted by Gasteiger charge is -2.36. The van der Waals surface area contributed by atoms with Crippen LogP contribution in [0, 0.1) is 5.41 Å². The average molecular weight is 408 g/mol. The van der Waals surface area contributed by atoms with Gasteiger partial charge >= 0.3 is 12.1 Å². The Morgan fingerprint density at radius 1 is 1.28 bits per heavy atom. The van der Waals surface area contributed by atoms with Crippen LogP contribution in [0.15, 0.2) is 37.1 Å². The summed E-state index contributed by atoms with van der Waals surface area (Å²) in [5, 5.41) is 0. The molecule has 2 aliphatic rings. The number of cyclic esters (lactones) is 1. The number of amides is 1. The second-order valence-corrected chi connectivity index (χ2v) is 7.46. The molecule has 4 heterocycles. The first-order valence-corrected chi connectivity index (χ1v) is 9.27. The molecule has 0 aromatic carbocycles. The molecule has 29 heavy (non-hydrogen) atoms.